The molecule has 2 aliphatic rings. The minimum absolute atomic E-state index is 0.0439. The van der Waals surface area contributed by atoms with Crippen LogP contribution < -0.4 is 10.6 Å². The maximum absolute atomic E-state index is 12.7. The van der Waals surface area contributed by atoms with Crippen LogP contribution in [-0.2, 0) is 22.4 Å². The minimum atomic E-state index is -0.329. The molecule has 1 aromatic rings. The lowest BCUT2D eigenvalue weighted by molar-refractivity contribution is -0.138. The van der Waals surface area contributed by atoms with Crippen LogP contribution in [0.3, 0.4) is 0 Å². The van der Waals surface area contributed by atoms with Crippen LogP contribution in [0, 0.1) is 10.8 Å². The molecule has 0 aliphatic carbocycles. The lowest BCUT2D eigenvalue weighted by Crippen LogP contribution is -2.46. The second-order valence-corrected chi connectivity index (χ2v) is 11.6. The van der Waals surface area contributed by atoms with Gasteiger partial charge in [-0.2, -0.15) is 0 Å². The zero-order valence-corrected chi connectivity index (χ0v) is 25.0. The van der Waals surface area contributed by atoms with Crippen LogP contribution in [0.1, 0.15) is 83.1 Å². The molecule has 0 saturated carbocycles. The molecule has 2 unspecified atom stereocenters. The molecule has 2 aliphatic heterocycles. The van der Waals surface area contributed by atoms with Crippen molar-refractivity contribution in [2.75, 3.05) is 20.2 Å². The topological polar surface area (TPSA) is 77.5 Å². The first-order valence-corrected chi connectivity index (χ1v) is 14.4. The van der Waals surface area contributed by atoms with E-state index >= 15 is 0 Å². The van der Waals surface area contributed by atoms with Crippen LogP contribution in [0.15, 0.2) is 48.3 Å². The Balaban J connectivity index is 2.08. The highest BCUT2D eigenvalue weighted by molar-refractivity contribution is 6.09. The van der Waals surface area contributed by atoms with Gasteiger partial charge in [0.05, 0.1) is 12.2 Å². The van der Waals surface area contributed by atoms with Crippen LogP contribution >= 0.6 is 0 Å². The van der Waals surface area contributed by atoms with Crippen molar-refractivity contribution in [3.63, 3.8) is 0 Å². The van der Waals surface area contributed by atoms with Gasteiger partial charge in [-0.3, -0.25) is 0 Å². The van der Waals surface area contributed by atoms with Crippen LogP contribution in [0.4, 0.5) is 0 Å². The molecule has 6 nitrogen and oxygen atoms in total. The quantitative estimate of drug-likeness (QED) is 0.219. The molecule has 0 saturated heterocycles. The number of carbonyl (C=O) groups is 1. The third kappa shape index (κ3) is 6.91. The summed E-state index contributed by atoms with van der Waals surface area (Å²) in [5.41, 5.74) is 7.88. The van der Waals surface area contributed by atoms with Crippen molar-refractivity contribution in [3.8, 4) is 0 Å². The summed E-state index contributed by atoms with van der Waals surface area (Å²) < 4.78 is 5.33. The average Bonchev–Trinajstić information content (AvgIpc) is 2.90. The monoisotopic (exact) mass is 532 g/mol. The first-order valence-electron chi connectivity index (χ1n) is 14.4. The number of benzene rings is 1. The van der Waals surface area contributed by atoms with Gasteiger partial charge in [-0.1, -0.05) is 53.7 Å². The average molecular weight is 533 g/mol. The number of allylic oxidation sites excluding steroid dienone is 2. The van der Waals surface area contributed by atoms with Crippen LogP contribution in [0.2, 0.25) is 0 Å². The Morgan fingerprint density at radius 2 is 2.00 bits per heavy atom. The number of rotatable bonds is 12. The molecule has 0 spiro atoms. The molecule has 3 rings (SSSR count). The van der Waals surface area contributed by atoms with E-state index < -0.39 is 0 Å². The van der Waals surface area contributed by atoms with E-state index in [0.717, 1.165) is 55.5 Å². The smallest absolute Gasteiger partial charge is 0.340 e. The molecule has 0 fully saturated rings. The van der Waals surface area contributed by atoms with Gasteiger partial charge < -0.3 is 25.7 Å². The van der Waals surface area contributed by atoms with Crippen molar-refractivity contribution in [1.82, 2.24) is 15.5 Å². The molecule has 1 aromatic carbocycles. The summed E-state index contributed by atoms with van der Waals surface area (Å²) in [4.78, 5) is 15.0. The molecule has 39 heavy (non-hydrogen) atoms. The second-order valence-electron chi connectivity index (χ2n) is 11.6. The van der Waals surface area contributed by atoms with Gasteiger partial charge in [-0.25, -0.2) is 4.79 Å². The third-order valence-corrected chi connectivity index (χ3v) is 7.75. The zero-order chi connectivity index (χ0) is 28.7. The van der Waals surface area contributed by atoms with Crippen molar-refractivity contribution in [1.29, 1.82) is 5.41 Å². The molecule has 2 atom stereocenters. The Hall–Kier alpha value is -3.12. The molecule has 0 bridgehead atoms. The van der Waals surface area contributed by atoms with Gasteiger partial charge >= 0.3 is 5.97 Å². The van der Waals surface area contributed by atoms with Crippen molar-refractivity contribution in [2.45, 2.75) is 85.7 Å². The van der Waals surface area contributed by atoms with E-state index in [0.29, 0.717) is 23.8 Å². The van der Waals surface area contributed by atoms with Gasteiger partial charge in [0.15, 0.2) is 0 Å². The summed E-state index contributed by atoms with van der Waals surface area (Å²) in [5, 5.41) is 15.1. The number of carbonyl (C=O) groups excluding carboxylic acids is 1. The van der Waals surface area contributed by atoms with E-state index in [9.17, 15) is 4.79 Å². The largest absolute Gasteiger partial charge is 0.462 e. The molecule has 0 aromatic heterocycles. The highest BCUT2D eigenvalue weighted by Gasteiger charge is 2.39. The van der Waals surface area contributed by atoms with E-state index in [1.165, 1.54) is 22.9 Å². The summed E-state index contributed by atoms with van der Waals surface area (Å²) in [6.45, 7) is 18.4. The van der Waals surface area contributed by atoms with Crippen molar-refractivity contribution in [2.24, 2.45) is 5.41 Å². The molecule has 0 amide bonds. The molecular formula is C33H48N4O2. The Labute approximate surface area is 235 Å². The molecule has 212 valence electrons. The maximum atomic E-state index is 12.7. The Morgan fingerprint density at radius 1 is 1.26 bits per heavy atom. The van der Waals surface area contributed by atoms with Crippen molar-refractivity contribution in [3.05, 3.63) is 70.6 Å². The highest BCUT2D eigenvalue weighted by atomic mass is 16.5. The van der Waals surface area contributed by atoms with Crippen molar-refractivity contribution >= 4 is 23.5 Å². The molecule has 6 heteroatoms. The Bertz CT molecular complexity index is 1170. The number of nitrogens with zero attached hydrogens (tertiary/aromatic N) is 1. The lowest BCUT2D eigenvalue weighted by Gasteiger charge is -2.47. The third-order valence-electron chi connectivity index (χ3n) is 7.75. The summed E-state index contributed by atoms with van der Waals surface area (Å²) in [6.07, 6.45) is 12.4. The van der Waals surface area contributed by atoms with Gasteiger partial charge in [-0.05, 0) is 86.0 Å². The van der Waals surface area contributed by atoms with E-state index in [2.05, 4.69) is 68.9 Å². The lowest BCUT2D eigenvalue weighted by atomic mass is 9.75. The number of aryl methyl sites for hydroxylation is 1. The predicted octanol–water partition coefficient (Wildman–Crippen LogP) is 6.24. The summed E-state index contributed by atoms with van der Waals surface area (Å²) in [7, 11) is 1.99. The van der Waals surface area contributed by atoms with Gasteiger partial charge in [-0.15, -0.1) is 0 Å². The molecular weight excluding hydrogens is 484 g/mol. The fourth-order valence-corrected chi connectivity index (χ4v) is 5.55. The number of hydrogen-bond donors (Lipinski definition) is 3. The van der Waals surface area contributed by atoms with Crippen LogP contribution in [-0.4, -0.2) is 49.4 Å². The minimum Gasteiger partial charge on any atom is -0.462 e. The zero-order valence-electron chi connectivity index (χ0n) is 25.0. The number of fused-ring (bicyclic) bond motifs is 3. The second kappa shape index (κ2) is 13.3. The van der Waals surface area contributed by atoms with E-state index in [-0.39, 0.29) is 17.4 Å². The van der Waals surface area contributed by atoms with Gasteiger partial charge in [0.1, 0.15) is 0 Å². The maximum Gasteiger partial charge on any atom is 0.340 e. The number of ether oxygens (including phenoxy) is 1. The van der Waals surface area contributed by atoms with Gasteiger partial charge in [0, 0.05) is 47.5 Å². The Kier molecular flexibility index (Phi) is 10.4. The molecule has 2 heterocycles. The predicted molar refractivity (Wildman–Crippen MR) is 164 cm³/mol. The first-order chi connectivity index (χ1) is 18.6. The first kappa shape index (κ1) is 30.4. The number of nitrogens with one attached hydrogen (secondary N) is 3. The fraction of sp³-hybridized carbons (Fsp3) is 0.515. The highest BCUT2D eigenvalue weighted by Crippen LogP contribution is 2.44. The van der Waals surface area contributed by atoms with E-state index in [4.69, 9.17) is 10.1 Å². The summed E-state index contributed by atoms with van der Waals surface area (Å²) in [5.74, 6) is -0.329. The van der Waals surface area contributed by atoms with Gasteiger partial charge in [0.2, 0.25) is 0 Å². The van der Waals surface area contributed by atoms with Gasteiger partial charge in [0.25, 0.3) is 0 Å². The SMILES string of the molecule is C=C1C=C2c3cc(CC)c(/C(C=N)=C/NC(CCC)CCNC)cc3CC(C(C)(C)C)N2C=C1C(=O)OCC. The Morgan fingerprint density at radius 3 is 2.59 bits per heavy atom. The molecule has 3 N–H and O–H groups in total. The normalized spacial score (nSPS) is 18.0. The standard InChI is InChI=1S/C33H48N4O2/c1-9-12-26(13-14-35-8)36-20-25(19-34)27-17-24-18-31(33(5,6)7)37-21-29(32(38)39-11-3)22(4)15-30(37)28(24)16-23(27)10-2/h15-17,19-21,26,31,34-36H,4,9-14,18H2,1-3,5-8H3/b25-20+,34-19?. The van der Waals surface area contributed by atoms with E-state index in [1.807, 2.05) is 32.4 Å². The van der Waals surface area contributed by atoms with E-state index in [1.54, 1.807) is 0 Å². The van der Waals surface area contributed by atoms with Crippen molar-refractivity contribution < 1.29 is 9.53 Å². The number of hydrogen-bond acceptors (Lipinski definition) is 6. The van der Waals surface area contributed by atoms with Crippen LogP contribution in [0.25, 0.3) is 11.3 Å². The van der Waals surface area contributed by atoms with Crippen LogP contribution in [0.5, 0.6) is 0 Å². The summed E-state index contributed by atoms with van der Waals surface area (Å²) in [6, 6.07) is 5.09. The fourth-order valence-electron chi connectivity index (χ4n) is 5.55. The number of esters is 1. The summed E-state index contributed by atoms with van der Waals surface area (Å²) >= 11 is 0. The molecule has 0 radical (unpaired) electrons.